The summed E-state index contributed by atoms with van der Waals surface area (Å²) in [6, 6.07) is 9.38. The van der Waals surface area contributed by atoms with Crippen LogP contribution in [0.25, 0.3) is 0 Å². The van der Waals surface area contributed by atoms with E-state index in [1.54, 1.807) is 5.56 Å². The lowest BCUT2D eigenvalue weighted by Crippen LogP contribution is -2.14. The molecule has 32 heavy (non-hydrogen) atoms. The van der Waals surface area contributed by atoms with Crippen LogP contribution >= 0.6 is 0 Å². The van der Waals surface area contributed by atoms with Crippen LogP contribution in [0.3, 0.4) is 0 Å². The number of benzene rings is 1. The first kappa shape index (κ1) is 25.3. The highest BCUT2D eigenvalue weighted by molar-refractivity contribution is 5.27. The molecule has 0 heterocycles. The molecule has 0 aliphatic heterocycles. The third-order valence-corrected chi connectivity index (χ3v) is 8.33. The predicted octanol–water partition coefficient (Wildman–Crippen LogP) is 9.56. The molecule has 178 valence electrons. The van der Waals surface area contributed by atoms with Gasteiger partial charge in [-0.15, -0.1) is 6.58 Å². The van der Waals surface area contributed by atoms with Gasteiger partial charge in [-0.2, -0.15) is 0 Å². The van der Waals surface area contributed by atoms with Crippen molar-refractivity contribution in [2.45, 2.75) is 109 Å². The third-order valence-electron chi connectivity index (χ3n) is 8.33. The molecule has 0 radical (unpaired) electrons. The maximum absolute atomic E-state index is 6.02. The topological polar surface area (TPSA) is 9.23 Å². The smallest absolute Gasteiger partial charge is 0.0826 e. The van der Waals surface area contributed by atoms with Gasteiger partial charge in [-0.05, 0) is 99.5 Å². The highest BCUT2D eigenvalue weighted by Gasteiger charge is 2.23. The van der Waals surface area contributed by atoms with Gasteiger partial charge < -0.3 is 4.74 Å². The number of rotatable bonds is 12. The number of hydrogen-bond acceptors (Lipinski definition) is 1. The van der Waals surface area contributed by atoms with Crippen LogP contribution in [0.5, 0.6) is 0 Å². The maximum atomic E-state index is 6.02. The molecule has 1 atom stereocenters. The summed E-state index contributed by atoms with van der Waals surface area (Å²) in [4.78, 5) is 0. The van der Waals surface area contributed by atoms with Gasteiger partial charge in [0, 0.05) is 0 Å². The second-order valence-electron chi connectivity index (χ2n) is 10.5. The van der Waals surface area contributed by atoms with Crippen molar-refractivity contribution in [3.05, 3.63) is 60.2 Å². The Kier molecular flexibility index (Phi) is 11.1. The van der Waals surface area contributed by atoms with Crippen LogP contribution in [0.1, 0.15) is 120 Å². The van der Waals surface area contributed by atoms with Crippen LogP contribution in [0, 0.1) is 17.8 Å². The summed E-state index contributed by atoms with van der Waals surface area (Å²) in [5.41, 5.74) is 2.87. The quantitative estimate of drug-likeness (QED) is 0.234. The first-order chi connectivity index (χ1) is 15.7. The van der Waals surface area contributed by atoms with Crippen LogP contribution in [0.15, 0.2) is 49.1 Å². The third kappa shape index (κ3) is 7.91. The zero-order chi connectivity index (χ0) is 22.6. The van der Waals surface area contributed by atoms with E-state index >= 15 is 0 Å². The van der Waals surface area contributed by atoms with E-state index in [2.05, 4.69) is 56.0 Å². The zero-order valence-electron chi connectivity index (χ0n) is 20.9. The van der Waals surface area contributed by atoms with Gasteiger partial charge in [0.15, 0.2) is 0 Å². The fraction of sp³-hybridized carbons (Fsp3) is 0.677. The Morgan fingerprint density at radius 1 is 0.906 bits per heavy atom. The molecule has 0 amide bonds. The molecule has 1 aromatic rings. The second-order valence-corrected chi connectivity index (χ2v) is 10.5. The lowest BCUT2D eigenvalue weighted by atomic mass is 9.76. The average Bonchev–Trinajstić information content (AvgIpc) is 2.85. The van der Waals surface area contributed by atoms with Crippen molar-refractivity contribution in [1.29, 1.82) is 0 Å². The second kappa shape index (κ2) is 14.0. The molecule has 1 nitrogen and oxygen atoms in total. The Balaban J connectivity index is 1.33. The van der Waals surface area contributed by atoms with Crippen molar-refractivity contribution in [2.24, 2.45) is 17.8 Å². The summed E-state index contributed by atoms with van der Waals surface area (Å²) in [7, 11) is 0. The SMILES string of the molecule is C=C[C@H]1CC[C@H](CCCC[C@H]2CC[C@H](c3ccc(C(CC)OC/C=C/C)cc3)CC2)CC1. The van der Waals surface area contributed by atoms with Gasteiger partial charge >= 0.3 is 0 Å². The summed E-state index contributed by atoms with van der Waals surface area (Å²) in [6.07, 6.45) is 24.7. The van der Waals surface area contributed by atoms with E-state index in [0.29, 0.717) is 6.61 Å². The maximum Gasteiger partial charge on any atom is 0.0826 e. The molecule has 0 bridgehead atoms. The van der Waals surface area contributed by atoms with Gasteiger partial charge in [-0.25, -0.2) is 0 Å². The zero-order valence-corrected chi connectivity index (χ0v) is 20.9. The summed E-state index contributed by atoms with van der Waals surface area (Å²) in [5.74, 6) is 3.56. The molecule has 0 N–H and O–H groups in total. The van der Waals surface area contributed by atoms with E-state index in [4.69, 9.17) is 4.74 Å². The summed E-state index contributed by atoms with van der Waals surface area (Å²) in [5, 5.41) is 0. The molecule has 0 aromatic heterocycles. The molecular formula is C31H48O. The molecule has 1 heteroatoms. The summed E-state index contributed by atoms with van der Waals surface area (Å²) in [6.45, 7) is 8.94. The fourth-order valence-electron chi connectivity index (χ4n) is 6.06. The van der Waals surface area contributed by atoms with Crippen LogP contribution in [0.4, 0.5) is 0 Å². The Labute approximate surface area is 198 Å². The fourth-order valence-corrected chi connectivity index (χ4v) is 6.06. The molecule has 2 saturated carbocycles. The van der Waals surface area contributed by atoms with Gasteiger partial charge in [0.2, 0.25) is 0 Å². The van der Waals surface area contributed by atoms with Crippen molar-refractivity contribution in [3.63, 3.8) is 0 Å². The highest BCUT2D eigenvalue weighted by Crippen LogP contribution is 2.39. The van der Waals surface area contributed by atoms with Crippen molar-refractivity contribution < 1.29 is 4.74 Å². The standard InChI is InChI=1S/C31H48O/c1-4-7-24-32-31(6-3)30-22-20-29(21-23-30)28-18-16-27(17-19-28)11-9-8-10-26-14-12-25(5-2)13-15-26/h4-5,7,20-23,25-28,31H,2,6,8-19,24H2,1,3H3/b7-4+/t25-,26-,27-,28-,31?. The van der Waals surface area contributed by atoms with E-state index in [-0.39, 0.29) is 6.10 Å². The van der Waals surface area contributed by atoms with Crippen molar-refractivity contribution in [3.8, 4) is 0 Å². The van der Waals surface area contributed by atoms with Crippen LogP contribution < -0.4 is 0 Å². The van der Waals surface area contributed by atoms with Gasteiger partial charge in [-0.1, -0.05) is 75.1 Å². The predicted molar refractivity (Wildman–Crippen MR) is 139 cm³/mol. The van der Waals surface area contributed by atoms with E-state index in [1.165, 1.54) is 82.6 Å². The Hall–Kier alpha value is -1.34. The first-order valence-corrected chi connectivity index (χ1v) is 13.7. The summed E-state index contributed by atoms with van der Waals surface area (Å²) >= 11 is 0. The van der Waals surface area contributed by atoms with Crippen LogP contribution in [-0.2, 0) is 4.74 Å². The van der Waals surface area contributed by atoms with E-state index in [9.17, 15) is 0 Å². The molecule has 0 spiro atoms. The monoisotopic (exact) mass is 436 g/mol. The van der Waals surface area contributed by atoms with Gasteiger partial charge in [-0.3, -0.25) is 0 Å². The average molecular weight is 437 g/mol. The molecular weight excluding hydrogens is 388 g/mol. The Bertz CT molecular complexity index is 656. The van der Waals surface area contributed by atoms with Crippen LogP contribution in [-0.4, -0.2) is 6.61 Å². The number of allylic oxidation sites excluding steroid dienone is 2. The normalized spacial score (nSPS) is 27.4. The minimum absolute atomic E-state index is 0.216. The minimum Gasteiger partial charge on any atom is -0.369 e. The lowest BCUT2D eigenvalue weighted by Gasteiger charge is -2.29. The van der Waals surface area contributed by atoms with Gasteiger partial charge in [0.1, 0.15) is 0 Å². The van der Waals surface area contributed by atoms with Gasteiger partial charge in [0.05, 0.1) is 12.7 Å². The Morgan fingerprint density at radius 2 is 1.50 bits per heavy atom. The molecule has 1 unspecified atom stereocenters. The molecule has 2 fully saturated rings. The van der Waals surface area contributed by atoms with Crippen molar-refractivity contribution in [2.75, 3.05) is 6.61 Å². The minimum atomic E-state index is 0.216. The summed E-state index contributed by atoms with van der Waals surface area (Å²) < 4.78 is 6.02. The van der Waals surface area contributed by atoms with Crippen LogP contribution in [0.2, 0.25) is 0 Å². The van der Waals surface area contributed by atoms with E-state index in [1.807, 2.05) is 6.92 Å². The molecule has 1 aromatic carbocycles. The highest BCUT2D eigenvalue weighted by atomic mass is 16.5. The Morgan fingerprint density at radius 3 is 2.03 bits per heavy atom. The lowest BCUT2D eigenvalue weighted by molar-refractivity contribution is 0.0712. The number of unbranched alkanes of at least 4 members (excludes halogenated alkanes) is 1. The molecule has 2 aliphatic rings. The number of hydrogen-bond donors (Lipinski definition) is 0. The van der Waals surface area contributed by atoms with E-state index < -0.39 is 0 Å². The molecule has 0 saturated heterocycles. The van der Waals surface area contributed by atoms with Crippen molar-refractivity contribution in [1.82, 2.24) is 0 Å². The molecule has 2 aliphatic carbocycles. The van der Waals surface area contributed by atoms with E-state index in [0.717, 1.165) is 30.1 Å². The first-order valence-electron chi connectivity index (χ1n) is 13.7. The van der Waals surface area contributed by atoms with Gasteiger partial charge in [0.25, 0.3) is 0 Å². The molecule has 3 rings (SSSR count). The van der Waals surface area contributed by atoms with Crippen molar-refractivity contribution >= 4 is 0 Å². The number of ether oxygens (including phenoxy) is 1. The largest absolute Gasteiger partial charge is 0.369 e.